The number of urea groups is 1. The molecule has 140 valence electrons. The highest BCUT2D eigenvalue weighted by Gasteiger charge is 2.52. The van der Waals surface area contributed by atoms with Gasteiger partial charge in [-0.15, -0.1) is 0 Å². The van der Waals surface area contributed by atoms with E-state index in [1.807, 2.05) is 0 Å². The van der Waals surface area contributed by atoms with E-state index in [4.69, 9.17) is 17.0 Å². The van der Waals surface area contributed by atoms with E-state index in [2.05, 4.69) is 23.0 Å². The molecule has 1 saturated carbocycles. The first-order valence-electron chi connectivity index (χ1n) is 9.13. The van der Waals surface area contributed by atoms with Crippen LogP contribution in [0.4, 0.5) is 4.79 Å². The van der Waals surface area contributed by atoms with Crippen LogP contribution in [0.15, 0.2) is 0 Å². The second-order valence-corrected chi connectivity index (χ2v) is 7.72. The van der Waals surface area contributed by atoms with Gasteiger partial charge in [-0.2, -0.15) is 5.01 Å². The summed E-state index contributed by atoms with van der Waals surface area (Å²) in [5.74, 6) is 0.384. The van der Waals surface area contributed by atoms with E-state index in [0.717, 1.165) is 50.7 Å². The van der Waals surface area contributed by atoms with Crippen LogP contribution >= 0.6 is 12.2 Å². The summed E-state index contributed by atoms with van der Waals surface area (Å²) in [4.78, 5) is 26.4. The molecule has 1 spiro atoms. The molecule has 9 heteroatoms. The molecule has 0 aromatic heterocycles. The number of thiocarbonyl (C=S) groups is 1. The Bertz CT molecular complexity index is 530. The van der Waals surface area contributed by atoms with Gasteiger partial charge in [-0.1, -0.05) is 6.92 Å². The fourth-order valence-electron chi connectivity index (χ4n) is 3.72. The second kappa shape index (κ2) is 7.84. The Morgan fingerprint density at radius 1 is 1.36 bits per heavy atom. The number of nitrogens with one attached hydrogen (secondary N) is 4. The topological polar surface area (TPSA) is 87.1 Å². The van der Waals surface area contributed by atoms with Crippen LogP contribution in [0.2, 0.25) is 0 Å². The molecule has 2 aliphatic heterocycles. The minimum Gasteiger partial charge on any atom is -0.370 e. The van der Waals surface area contributed by atoms with Crippen molar-refractivity contribution in [2.75, 3.05) is 39.4 Å². The number of amides is 3. The Balaban J connectivity index is 1.46. The number of imide groups is 1. The minimum atomic E-state index is -0.746. The van der Waals surface area contributed by atoms with Gasteiger partial charge >= 0.3 is 6.03 Å². The Labute approximate surface area is 153 Å². The van der Waals surface area contributed by atoms with E-state index in [0.29, 0.717) is 30.4 Å². The van der Waals surface area contributed by atoms with Gasteiger partial charge in [0.25, 0.3) is 5.91 Å². The zero-order chi connectivity index (χ0) is 17.9. The lowest BCUT2D eigenvalue weighted by Crippen LogP contribution is -3.14. The first kappa shape index (κ1) is 18.3. The van der Waals surface area contributed by atoms with Crippen LogP contribution in [0.1, 0.15) is 32.6 Å². The number of rotatable bonds is 4. The van der Waals surface area contributed by atoms with Gasteiger partial charge in [0.15, 0.2) is 5.11 Å². The van der Waals surface area contributed by atoms with E-state index in [1.165, 1.54) is 4.90 Å². The molecule has 4 N–H and O–H groups in total. The molecule has 8 nitrogen and oxygen atoms in total. The summed E-state index contributed by atoms with van der Waals surface area (Å²) in [6, 6.07) is -0.414. The molecule has 0 bridgehead atoms. The fourth-order valence-corrected chi connectivity index (χ4v) is 3.91. The van der Waals surface area contributed by atoms with Crippen molar-refractivity contribution < 1.29 is 19.2 Å². The number of ether oxygens (including phenoxy) is 1. The maximum atomic E-state index is 12.7. The molecule has 3 amide bonds. The van der Waals surface area contributed by atoms with E-state index < -0.39 is 11.6 Å². The standard InChI is InChI=1S/C16H27N5O3S/c1-12-2-4-16(5-3-12)13(22)21(15(23)18-16)19-14(25)17-6-7-20-8-10-24-11-9-20/h12H,2-11H2,1H3,(H,18,23)(H2,17,19,25)/p+1. The van der Waals surface area contributed by atoms with Crippen LogP contribution < -0.4 is 21.0 Å². The van der Waals surface area contributed by atoms with E-state index >= 15 is 0 Å². The number of hydrogen-bond donors (Lipinski definition) is 4. The van der Waals surface area contributed by atoms with Gasteiger partial charge in [0.05, 0.1) is 26.3 Å². The average Bonchev–Trinajstić information content (AvgIpc) is 2.83. The zero-order valence-electron chi connectivity index (χ0n) is 14.7. The summed E-state index contributed by atoms with van der Waals surface area (Å²) >= 11 is 5.24. The Morgan fingerprint density at radius 3 is 2.72 bits per heavy atom. The van der Waals surface area contributed by atoms with Gasteiger partial charge < -0.3 is 20.3 Å². The molecule has 3 aliphatic rings. The number of hydrogen-bond acceptors (Lipinski definition) is 4. The lowest BCUT2D eigenvalue weighted by atomic mass is 9.77. The predicted molar refractivity (Wildman–Crippen MR) is 95.9 cm³/mol. The third kappa shape index (κ3) is 4.21. The summed E-state index contributed by atoms with van der Waals surface area (Å²) in [5.41, 5.74) is 2.01. The number of hydrazine groups is 1. The minimum absolute atomic E-state index is 0.215. The maximum absolute atomic E-state index is 12.7. The van der Waals surface area contributed by atoms with E-state index in [1.54, 1.807) is 0 Å². The van der Waals surface area contributed by atoms with Gasteiger partial charge in [-0.05, 0) is 43.8 Å². The van der Waals surface area contributed by atoms with Gasteiger partial charge in [0.2, 0.25) is 0 Å². The van der Waals surface area contributed by atoms with Crippen molar-refractivity contribution in [2.45, 2.75) is 38.1 Å². The average molecular weight is 370 g/mol. The molecule has 0 atom stereocenters. The van der Waals surface area contributed by atoms with Crippen LogP contribution in [0.25, 0.3) is 0 Å². The molecule has 0 aromatic carbocycles. The predicted octanol–water partition coefficient (Wildman–Crippen LogP) is -1.22. The monoisotopic (exact) mass is 370 g/mol. The molecule has 1 aliphatic carbocycles. The molecule has 2 saturated heterocycles. The SMILES string of the molecule is CC1CCC2(CC1)NC(=O)N(NC(=S)NCC[NH+]1CCOCC1)C2=O. The number of carbonyl (C=O) groups excluding carboxylic acids is 2. The smallest absolute Gasteiger partial charge is 0.344 e. The normalized spacial score (nSPS) is 30.4. The first-order valence-corrected chi connectivity index (χ1v) is 9.53. The number of nitrogens with zero attached hydrogens (tertiary/aromatic N) is 1. The molecular weight excluding hydrogens is 342 g/mol. The van der Waals surface area contributed by atoms with Gasteiger partial charge in [-0.25, -0.2) is 4.79 Å². The third-order valence-corrected chi connectivity index (χ3v) is 5.70. The molecule has 0 radical (unpaired) electrons. The van der Waals surface area contributed by atoms with Crippen molar-refractivity contribution in [1.82, 2.24) is 21.1 Å². The van der Waals surface area contributed by atoms with Crippen molar-refractivity contribution in [2.24, 2.45) is 5.92 Å². The number of morpholine rings is 1. The molecule has 3 fully saturated rings. The fraction of sp³-hybridized carbons (Fsp3) is 0.812. The molecule has 25 heavy (non-hydrogen) atoms. The molecule has 2 heterocycles. The highest BCUT2D eigenvalue weighted by atomic mass is 32.1. The van der Waals surface area contributed by atoms with E-state index in [-0.39, 0.29) is 5.91 Å². The first-order chi connectivity index (χ1) is 12.0. The Kier molecular flexibility index (Phi) is 5.75. The van der Waals surface area contributed by atoms with Crippen LogP contribution in [0.5, 0.6) is 0 Å². The van der Waals surface area contributed by atoms with Crippen LogP contribution in [-0.4, -0.2) is 67.0 Å². The van der Waals surface area contributed by atoms with Gasteiger partial charge in [-0.3, -0.25) is 10.2 Å². The summed E-state index contributed by atoms with van der Waals surface area (Å²) in [6.07, 6.45) is 3.28. The summed E-state index contributed by atoms with van der Waals surface area (Å²) in [6.45, 7) is 7.37. The van der Waals surface area contributed by atoms with Crippen molar-refractivity contribution in [3.05, 3.63) is 0 Å². The van der Waals surface area contributed by atoms with Crippen LogP contribution in [-0.2, 0) is 9.53 Å². The van der Waals surface area contributed by atoms with Crippen molar-refractivity contribution in [1.29, 1.82) is 0 Å². The molecule has 0 unspecified atom stereocenters. The zero-order valence-corrected chi connectivity index (χ0v) is 15.5. The Hall–Kier alpha value is -1.45. The summed E-state index contributed by atoms with van der Waals surface area (Å²) < 4.78 is 5.33. The summed E-state index contributed by atoms with van der Waals surface area (Å²) in [5, 5.41) is 7.29. The molecule has 3 rings (SSSR count). The highest BCUT2D eigenvalue weighted by Crippen LogP contribution is 2.35. The van der Waals surface area contributed by atoms with Crippen LogP contribution in [0.3, 0.4) is 0 Å². The van der Waals surface area contributed by atoms with Crippen molar-refractivity contribution in [3.8, 4) is 0 Å². The summed E-state index contributed by atoms with van der Waals surface area (Å²) in [7, 11) is 0. The lowest BCUT2D eigenvalue weighted by Gasteiger charge is -2.33. The van der Waals surface area contributed by atoms with Gasteiger partial charge in [0, 0.05) is 0 Å². The third-order valence-electron chi connectivity index (χ3n) is 5.47. The maximum Gasteiger partial charge on any atom is 0.344 e. The largest absolute Gasteiger partial charge is 0.370 e. The molecular formula is C16H28N5O3S+. The van der Waals surface area contributed by atoms with E-state index in [9.17, 15) is 9.59 Å². The quantitative estimate of drug-likeness (QED) is 0.367. The highest BCUT2D eigenvalue weighted by molar-refractivity contribution is 7.80. The number of carbonyl (C=O) groups is 2. The van der Waals surface area contributed by atoms with Crippen molar-refractivity contribution in [3.63, 3.8) is 0 Å². The number of quaternary nitrogens is 1. The van der Waals surface area contributed by atoms with Crippen molar-refractivity contribution >= 4 is 29.3 Å². The van der Waals surface area contributed by atoms with Crippen LogP contribution in [0, 0.1) is 5.92 Å². The lowest BCUT2D eigenvalue weighted by molar-refractivity contribution is -0.906. The second-order valence-electron chi connectivity index (χ2n) is 7.32. The Morgan fingerprint density at radius 2 is 2.04 bits per heavy atom. The molecule has 0 aromatic rings. The van der Waals surface area contributed by atoms with Gasteiger partial charge in [0.1, 0.15) is 18.6 Å².